The van der Waals surface area contributed by atoms with Crippen LogP contribution in [0, 0.1) is 0 Å². The summed E-state index contributed by atoms with van der Waals surface area (Å²) in [6.07, 6.45) is 0. The molecule has 3 heterocycles. The van der Waals surface area contributed by atoms with Gasteiger partial charge in [-0.1, -0.05) is 0 Å². The Morgan fingerprint density at radius 3 is 2.58 bits per heavy atom. The zero-order valence-electron chi connectivity index (χ0n) is 17.8. The number of rotatable bonds is 6. The summed E-state index contributed by atoms with van der Waals surface area (Å²) in [5.41, 5.74) is -0.399. The van der Waals surface area contributed by atoms with Crippen molar-refractivity contribution in [3.8, 4) is 22.9 Å². The van der Waals surface area contributed by atoms with Crippen molar-refractivity contribution in [3.63, 3.8) is 0 Å². The summed E-state index contributed by atoms with van der Waals surface area (Å²) < 4.78 is 12.4. The fourth-order valence-electron chi connectivity index (χ4n) is 3.40. The second-order valence-corrected chi connectivity index (χ2v) is 7.49. The zero-order chi connectivity index (χ0) is 22.0. The lowest BCUT2D eigenvalue weighted by Crippen LogP contribution is -2.45. The van der Waals surface area contributed by atoms with Crippen LogP contribution in [0.1, 0.15) is 0 Å². The third-order valence-electron chi connectivity index (χ3n) is 5.41. The Hall–Kier alpha value is -3.31. The minimum atomic E-state index is -0.568. The highest BCUT2D eigenvalue weighted by Gasteiger charge is 2.15. The van der Waals surface area contributed by atoms with Crippen molar-refractivity contribution >= 4 is 11.2 Å². The minimum Gasteiger partial charge on any atom is -0.493 e. The Morgan fingerprint density at radius 1 is 1.06 bits per heavy atom. The number of ether oxygens (including phenoxy) is 2. The van der Waals surface area contributed by atoms with E-state index in [2.05, 4.69) is 37.0 Å². The Balaban J connectivity index is 1.52. The van der Waals surface area contributed by atoms with Gasteiger partial charge in [0.1, 0.15) is 6.61 Å². The quantitative estimate of drug-likeness (QED) is 0.566. The number of piperazine rings is 1. The van der Waals surface area contributed by atoms with Crippen LogP contribution in [0.5, 0.6) is 11.5 Å². The van der Waals surface area contributed by atoms with Crippen LogP contribution in [-0.2, 0) is 7.05 Å². The molecule has 0 unspecified atom stereocenters. The number of aromatic nitrogens is 5. The van der Waals surface area contributed by atoms with Crippen LogP contribution in [0.25, 0.3) is 22.6 Å². The fourth-order valence-corrected chi connectivity index (χ4v) is 3.40. The van der Waals surface area contributed by atoms with Crippen molar-refractivity contribution < 1.29 is 9.47 Å². The molecule has 1 aliphatic rings. The molecule has 11 heteroatoms. The maximum Gasteiger partial charge on any atom is 0.329 e. The van der Waals surface area contributed by atoms with Gasteiger partial charge in [0.05, 0.1) is 7.11 Å². The molecule has 0 saturated carbocycles. The van der Waals surface area contributed by atoms with Crippen LogP contribution in [0.3, 0.4) is 0 Å². The predicted octanol–water partition coefficient (Wildman–Crippen LogP) is -0.286. The highest BCUT2D eigenvalue weighted by atomic mass is 16.5. The molecule has 0 bridgehead atoms. The van der Waals surface area contributed by atoms with Gasteiger partial charge in [0.2, 0.25) is 0 Å². The molecule has 31 heavy (non-hydrogen) atoms. The molecular formula is C20H25N7O4. The maximum absolute atomic E-state index is 12.3. The predicted molar refractivity (Wildman–Crippen MR) is 115 cm³/mol. The molecular weight excluding hydrogens is 402 g/mol. The SMILES string of the molecule is COc1cc(-c2nnc3[nH]c(=O)n(C)c(=O)c3n2)ccc1OCCN1CCN(C)CC1. The van der Waals surface area contributed by atoms with Gasteiger partial charge in [0, 0.05) is 45.3 Å². The molecule has 1 N–H and O–H groups in total. The lowest BCUT2D eigenvalue weighted by Gasteiger charge is -2.32. The molecule has 0 amide bonds. The van der Waals surface area contributed by atoms with Gasteiger partial charge >= 0.3 is 5.69 Å². The molecule has 0 radical (unpaired) electrons. The van der Waals surface area contributed by atoms with Gasteiger partial charge in [-0.3, -0.25) is 19.2 Å². The minimum absolute atomic E-state index is 0.0403. The van der Waals surface area contributed by atoms with Gasteiger partial charge in [-0.15, -0.1) is 10.2 Å². The third kappa shape index (κ3) is 4.42. The molecule has 1 fully saturated rings. The van der Waals surface area contributed by atoms with Crippen LogP contribution in [0.2, 0.25) is 0 Å². The first-order chi connectivity index (χ1) is 15.0. The molecule has 3 aromatic rings. The Bertz CT molecular complexity index is 1200. The number of nitrogens with zero attached hydrogens (tertiary/aromatic N) is 6. The number of methoxy groups -OCH3 is 1. The highest BCUT2D eigenvalue weighted by Crippen LogP contribution is 2.31. The van der Waals surface area contributed by atoms with Gasteiger partial charge in [-0.2, -0.15) is 0 Å². The Morgan fingerprint density at radius 2 is 1.84 bits per heavy atom. The summed E-state index contributed by atoms with van der Waals surface area (Å²) in [5.74, 6) is 1.40. The van der Waals surface area contributed by atoms with Gasteiger partial charge in [0.15, 0.2) is 28.5 Å². The normalized spacial score (nSPS) is 15.3. The number of hydrogen-bond donors (Lipinski definition) is 1. The third-order valence-corrected chi connectivity index (χ3v) is 5.41. The number of aromatic amines is 1. The van der Waals surface area contributed by atoms with Crippen LogP contribution in [0.15, 0.2) is 27.8 Å². The van der Waals surface area contributed by atoms with Crippen LogP contribution in [-0.4, -0.2) is 88.0 Å². The number of likely N-dealkylation sites (N-methyl/N-ethyl adjacent to an activating group) is 1. The smallest absolute Gasteiger partial charge is 0.329 e. The molecule has 0 spiro atoms. The summed E-state index contributed by atoms with van der Waals surface area (Å²) in [7, 11) is 5.07. The van der Waals surface area contributed by atoms with Gasteiger partial charge in [0.25, 0.3) is 5.56 Å². The van der Waals surface area contributed by atoms with Gasteiger partial charge < -0.3 is 14.4 Å². The molecule has 1 saturated heterocycles. The van der Waals surface area contributed by atoms with E-state index in [1.165, 1.54) is 7.05 Å². The van der Waals surface area contributed by atoms with E-state index in [1.807, 2.05) is 0 Å². The molecule has 0 atom stereocenters. The fraction of sp³-hybridized carbons (Fsp3) is 0.450. The molecule has 1 aliphatic heterocycles. The zero-order valence-corrected chi connectivity index (χ0v) is 17.8. The van der Waals surface area contributed by atoms with E-state index < -0.39 is 11.2 Å². The number of hydrogen-bond acceptors (Lipinski definition) is 9. The first-order valence-electron chi connectivity index (χ1n) is 10.0. The molecule has 164 valence electrons. The number of H-pyrrole nitrogens is 1. The van der Waals surface area contributed by atoms with E-state index in [-0.39, 0.29) is 17.0 Å². The summed E-state index contributed by atoms with van der Waals surface area (Å²) in [6.45, 7) is 5.60. The second kappa shape index (κ2) is 8.82. The first-order valence-corrected chi connectivity index (χ1v) is 10.0. The standard InChI is InChI=1S/C20H25N7O4/c1-25-6-8-27(9-7-25)10-11-31-14-5-4-13(12-15(14)30-3)17-21-16-18(24-23-17)22-20(29)26(2)19(16)28/h4-5,12H,6-11H2,1-3H3,(H,22,24,29). The Labute approximate surface area is 178 Å². The van der Waals surface area contributed by atoms with Crippen molar-refractivity contribution in [3.05, 3.63) is 39.0 Å². The van der Waals surface area contributed by atoms with E-state index >= 15 is 0 Å². The van der Waals surface area contributed by atoms with Gasteiger partial charge in [-0.05, 0) is 25.2 Å². The first kappa shape index (κ1) is 20.9. The molecule has 0 aliphatic carbocycles. The molecule has 4 rings (SSSR count). The second-order valence-electron chi connectivity index (χ2n) is 7.49. The summed E-state index contributed by atoms with van der Waals surface area (Å²) in [6, 6.07) is 5.31. The van der Waals surface area contributed by atoms with Gasteiger partial charge in [-0.25, -0.2) is 9.78 Å². The van der Waals surface area contributed by atoms with Crippen molar-refractivity contribution in [2.45, 2.75) is 0 Å². The van der Waals surface area contributed by atoms with Crippen LogP contribution >= 0.6 is 0 Å². The average molecular weight is 427 g/mol. The summed E-state index contributed by atoms with van der Waals surface area (Å²) in [4.78, 5) is 35.5. The van der Waals surface area contributed by atoms with E-state index in [4.69, 9.17) is 9.47 Å². The largest absolute Gasteiger partial charge is 0.493 e. The van der Waals surface area contributed by atoms with Crippen molar-refractivity contribution in [2.24, 2.45) is 7.05 Å². The maximum atomic E-state index is 12.3. The number of nitrogens with one attached hydrogen (secondary N) is 1. The molecule has 2 aromatic heterocycles. The van der Waals surface area contributed by atoms with E-state index in [1.54, 1.807) is 25.3 Å². The average Bonchev–Trinajstić information content (AvgIpc) is 2.79. The lowest BCUT2D eigenvalue weighted by atomic mass is 10.2. The van der Waals surface area contributed by atoms with E-state index in [9.17, 15) is 9.59 Å². The highest BCUT2D eigenvalue weighted by molar-refractivity contribution is 5.71. The topological polar surface area (TPSA) is 118 Å². The van der Waals surface area contributed by atoms with Crippen molar-refractivity contribution in [2.75, 3.05) is 53.5 Å². The molecule has 11 nitrogen and oxygen atoms in total. The van der Waals surface area contributed by atoms with Crippen molar-refractivity contribution in [1.82, 2.24) is 34.5 Å². The monoisotopic (exact) mass is 427 g/mol. The van der Waals surface area contributed by atoms with Crippen LogP contribution in [0.4, 0.5) is 0 Å². The van der Waals surface area contributed by atoms with Crippen molar-refractivity contribution in [1.29, 1.82) is 0 Å². The Kier molecular flexibility index (Phi) is 5.96. The van der Waals surface area contributed by atoms with Crippen LogP contribution < -0.4 is 20.7 Å². The lowest BCUT2D eigenvalue weighted by molar-refractivity contribution is 0.133. The summed E-state index contributed by atoms with van der Waals surface area (Å²) in [5, 5.41) is 7.98. The summed E-state index contributed by atoms with van der Waals surface area (Å²) >= 11 is 0. The number of benzene rings is 1. The van der Waals surface area contributed by atoms with E-state index in [0.29, 0.717) is 23.7 Å². The van der Waals surface area contributed by atoms with E-state index in [0.717, 1.165) is 37.3 Å². The number of fused-ring (bicyclic) bond motifs is 1. The molecule has 1 aromatic carbocycles.